The molecule has 0 saturated heterocycles. The minimum Gasteiger partial charge on any atom is -0.329 e. The molecule has 1 unspecified atom stereocenters. The Morgan fingerprint density at radius 2 is 2.05 bits per heavy atom. The quantitative estimate of drug-likeness (QED) is 0.726. The van der Waals surface area contributed by atoms with Crippen LogP contribution in [0.4, 0.5) is 0 Å². The number of nitrogens with one attached hydrogen (secondary N) is 1. The summed E-state index contributed by atoms with van der Waals surface area (Å²) in [6.07, 6.45) is 3.60. The van der Waals surface area contributed by atoms with Gasteiger partial charge in [-0.2, -0.15) is 0 Å². The molecule has 3 aromatic rings. The molecular formula is C14H14N4S. The van der Waals surface area contributed by atoms with Crippen LogP contribution in [0.3, 0.4) is 0 Å². The van der Waals surface area contributed by atoms with Crippen LogP contribution in [0.15, 0.2) is 36.7 Å². The normalized spacial score (nSPS) is 12.7. The summed E-state index contributed by atoms with van der Waals surface area (Å²) < 4.78 is 2.69. The molecule has 1 atom stereocenters. The van der Waals surface area contributed by atoms with Crippen molar-refractivity contribution in [3.63, 3.8) is 0 Å². The van der Waals surface area contributed by atoms with Crippen molar-refractivity contribution < 1.29 is 0 Å². The van der Waals surface area contributed by atoms with Gasteiger partial charge < -0.3 is 4.98 Å². The first-order valence-electron chi connectivity index (χ1n) is 6.15. The number of pyridine rings is 2. The van der Waals surface area contributed by atoms with Gasteiger partial charge in [0.15, 0.2) is 10.4 Å². The number of H-pyrrole nitrogens is 1. The van der Waals surface area contributed by atoms with E-state index < -0.39 is 0 Å². The number of nitrogens with zero attached hydrogens (tertiary/aromatic N) is 3. The van der Waals surface area contributed by atoms with E-state index in [1.807, 2.05) is 42.0 Å². The summed E-state index contributed by atoms with van der Waals surface area (Å²) >= 11 is 5.43. The average molecular weight is 270 g/mol. The molecule has 3 aromatic heterocycles. The maximum absolute atomic E-state index is 5.43. The molecule has 0 bridgehead atoms. The Bertz CT molecular complexity index is 773. The highest BCUT2D eigenvalue weighted by molar-refractivity contribution is 7.71. The first-order valence-corrected chi connectivity index (χ1v) is 6.56. The Kier molecular flexibility index (Phi) is 2.91. The van der Waals surface area contributed by atoms with E-state index in [4.69, 9.17) is 12.2 Å². The van der Waals surface area contributed by atoms with Crippen molar-refractivity contribution >= 4 is 23.4 Å². The monoisotopic (exact) mass is 270 g/mol. The zero-order valence-corrected chi connectivity index (χ0v) is 11.6. The molecule has 0 radical (unpaired) electrons. The highest BCUT2D eigenvalue weighted by Gasteiger charge is 2.15. The van der Waals surface area contributed by atoms with E-state index in [-0.39, 0.29) is 6.04 Å². The van der Waals surface area contributed by atoms with E-state index in [0.717, 1.165) is 22.4 Å². The molecule has 0 amide bonds. The molecule has 3 heterocycles. The summed E-state index contributed by atoms with van der Waals surface area (Å²) in [5.74, 6) is 0. The molecule has 3 rings (SSSR count). The predicted molar refractivity (Wildman–Crippen MR) is 77.7 cm³/mol. The van der Waals surface area contributed by atoms with Crippen LogP contribution in [0, 0.1) is 11.7 Å². The minimum absolute atomic E-state index is 0.0525. The number of hydrogen-bond donors (Lipinski definition) is 1. The number of hydrogen-bond acceptors (Lipinski definition) is 3. The predicted octanol–water partition coefficient (Wildman–Crippen LogP) is 3.41. The van der Waals surface area contributed by atoms with E-state index >= 15 is 0 Å². The standard InChI is InChI=1S/C14H14N4S/c1-9-6-8-16-13-12(9)17-14(19)18(13)10(2)11-5-3-4-7-15-11/h3-8,10H,1-2H3,(H,17,19). The van der Waals surface area contributed by atoms with Crippen molar-refractivity contribution in [3.05, 3.63) is 52.7 Å². The molecule has 0 spiro atoms. The number of aromatic amines is 1. The van der Waals surface area contributed by atoms with Crippen molar-refractivity contribution in [2.45, 2.75) is 19.9 Å². The van der Waals surface area contributed by atoms with Gasteiger partial charge in [0, 0.05) is 12.4 Å². The van der Waals surface area contributed by atoms with E-state index in [9.17, 15) is 0 Å². The van der Waals surface area contributed by atoms with Gasteiger partial charge in [-0.15, -0.1) is 0 Å². The summed E-state index contributed by atoms with van der Waals surface area (Å²) in [6, 6.07) is 7.92. The van der Waals surface area contributed by atoms with Crippen molar-refractivity contribution in [3.8, 4) is 0 Å². The minimum atomic E-state index is 0.0525. The van der Waals surface area contributed by atoms with Crippen LogP contribution < -0.4 is 0 Å². The zero-order valence-electron chi connectivity index (χ0n) is 10.8. The Morgan fingerprint density at radius 3 is 2.79 bits per heavy atom. The van der Waals surface area contributed by atoms with Gasteiger partial charge in [-0.05, 0) is 49.8 Å². The third-order valence-corrected chi connectivity index (χ3v) is 3.62. The van der Waals surface area contributed by atoms with Crippen molar-refractivity contribution in [1.29, 1.82) is 0 Å². The molecule has 5 heteroatoms. The van der Waals surface area contributed by atoms with Crippen LogP contribution >= 0.6 is 12.2 Å². The summed E-state index contributed by atoms with van der Waals surface area (Å²) in [5, 5.41) is 0. The second-order valence-corrected chi connectivity index (χ2v) is 4.94. The number of fused-ring (bicyclic) bond motifs is 1. The van der Waals surface area contributed by atoms with Gasteiger partial charge in [-0.25, -0.2) is 4.98 Å². The summed E-state index contributed by atoms with van der Waals surface area (Å²) in [4.78, 5) is 12.1. The lowest BCUT2D eigenvalue weighted by Gasteiger charge is -2.13. The van der Waals surface area contributed by atoms with Crippen molar-refractivity contribution in [2.75, 3.05) is 0 Å². The highest BCUT2D eigenvalue weighted by Crippen LogP contribution is 2.23. The molecule has 1 N–H and O–H groups in total. The van der Waals surface area contributed by atoms with Gasteiger partial charge in [0.1, 0.15) is 0 Å². The number of aryl methyl sites for hydroxylation is 1. The molecule has 0 aliphatic rings. The Balaban J connectivity index is 2.23. The van der Waals surface area contributed by atoms with E-state index in [2.05, 4.69) is 21.9 Å². The van der Waals surface area contributed by atoms with E-state index in [1.165, 1.54) is 0 Å². The fraction of sp³-hybridized carbons (Fsp3) is 0.214. The molecule has 0 aromatic carbocycles. The first kappa shape index (κ1) is 12.0. The largest absolute Gasteiger partial charge is 0.329 e. The third-order valence-electron chi connectivity index (χ3n) is 3.32. The number of aromatic nitrogens is 4. The van der Waals surface area contributed by atoms with Crippen LogP contribution in [-0.2, 0) is 0 Å². The van der Waals surface area contributed by atoms with Crippen LogP contribution in [-0.4, -0.2) is 19.5 Å². The fourth-order valence-corrected chi connectivity index (χ4v) is 2.61. The summed E-state index contributed by atoms with van der Waals surface area (Å²) in [6.45, 7) is 4.13. The van der Waals surface area contributed by atoms with E-state index in [1.54, 1.807) is 6.20 Å². The summed E-state index contributed by atoms with van der Waals surface area (Å²) in [7, 11) is 0. The lowest BCUT2D eigenvalue weighted by atomic mass is 10.2. The van der Waals surface area contributed by atoms with Crippen molar-refractivity contribution in [1.82, 2.24) is 19.5 Å². The number of rotatable bonds is 2. The topological polar surface area (TPSA) is 46.5 Å². The second-order valence-electron chi connectivity index (χ2n) is 4.56. The lowest BCUT2D eigenvalue weighted by Crippen LogP contribution is -2.09. The van der Waals surface area contributed by atoms with Crippen LogP contribution in [0.5, 0.6) is 0 Å². The maximum Gasteiger partial charge on any atom is 0.179 e. The summed E-state index contributed by atoms with van der Waals surface area (Å²) in [5.41, 5.74) is 3.99. The van der Waals surface area contributed by atoms with Gasteiger partial charge in [0.2, 0.25) is 0 Å². The third kappa shape index (κ3) is 1.96. The van der Waals surface area contributed by atoms with Gasteiger partial charge >= 0.3 is 0 Å². The lowest BCUT2D eigenvalue weighted by molar-refractivity contribution is 0.625. The molecule has 0 fully saturated rings. The second kappa shape index (κ2) is 4.59. The Hall–Kier alpha value is -2.01. The smallest absolute Gasteiger partial charge is 0.179 e. The van der Waals surface area contributed by atoms with Crippen LogP contribution in [0.25, 0.3) is 11.2 Å². The maximum atomic E-state index is 5.43. The van der Waals surface area contributed by atoms with Gasteiger partial charge in [-0.1, -0.05) is 6.07 Å². The molecule has 0 saturated carbocycles. The van der Waals surface area contributed by atoms with E-state index in [0.29, 0.717) is 4.77 Å². The zero-order chi connectivity index (χ0) is 13.4. The molecule has 19 heavy (non-hydrogen) atoms. The number of imidazole rings is 1. The molecule has 4 nitrogen and oxygen atoms in total. The fourth-order valence-electron chi connectivity index (χ4n) is 2.26. The van der Waals surface area contributed by atoms with Gasteiger partial charge in [0.25, 0.3) is 0 Å². The van der Waals surface area contributed by atoms with Crippen LogP contribution in [0.1, 0.15) is 24.2 Å². The SMILES string of the molecule is Cc1ccnc2c1[nH]c(=S)n2C(C)c1ccccn1. The Labute approximate surface area is 116 Å². The Morgan fingerprint density at radius 1 is 1.21 bits per heavy atom. The average Bonchev–Trinajstić information content (AvgIpc) is 2.77. The van der Waals surface area contributed by atoms with Gasteiger partial charge in [0.05, 0.1) is 17.3 Å². The first-order chi connectivity index (χ1) is 9.18. The highest BCUT2D eigenvalue weighted by atomic mass is 32.1. The van der Waals surface area contributed by atoms with Crippen molar-refractivity contribution in [2.24, 2.45) is 0 Å². The van der Waals surface area contributed by atoms with Crippen LogP contribution in [0.2, 0.25) is 0 Å². The molecule has 0 aliphatic heterocycles. The molecular weight excluding hydrogens is 256 g/mol. The molecule has 96 valence electrons. The molecule has 0 aliphatic carbocycles. The van der Waals surface area contributed by atoms with Gasteiger partial charge in [-0.3, -0.25) is 9.55 Å².